The number of likely N-dealkylation sites (tertiary alicyclic amines) is 2. The van der Waals surface area contributed by atoms with Crippen LogP contribution in [0, 0.1) is 19.8 Å². The zero-order valence-corrected chi connectivity index (χ0v) is 30.9. The molecule has 1 aromatic heterocycles. The summed E-state index contributed by atoms with van der Waals surface area (Å²) in [6, 6.07) is 10.1. The van der Waals surface area contributed by atoms with Crippen molar-refractivity contribution in [2.24, 2.45) is 13.0 Å². The number of hydrogen-bond donors (Lipinski definition) is 2. The number of carbonyl (C=O) groups is 3. The van der Waals surface area contributed by atoms with Gasteiger partial charge in [-0.3, -0.25) is 29.4 Å². The molecule has 0 bridgehead atoms. The minimum atomic E-state index is -4.85. The van der Waals surface area contributed by atoms with Crippen LogP contribution in [0.4, 0.5) is 18.9 Å². The number of benzene rings is 2. The van der Waals surface area contributed by atoms with E-state index in [4.69, 9.17) is 11.6 Å². The molecule has 4 heterocycles. The number of ether oxygens (including phenoxy) is 1. The summed E-state index contributed by atoms with van der Waals surface area (Å²) in [7, 11) is 1.62. The van der Waals surface area contributed by atoms with E-state index in [1.54, 1.807) is 45.3 Å². The number of halogens is 4. The fraction of sp³-hybridized carbons (Fsp3) is 0.487. The minimum absolute atomic E-state index is 0.0668. The number of amides is 3. The predicted octanol–water partition coefficient (Wildman–Crippen LogP) is 6.10. The average Bonchev–Trinajstić information content (AvgIpc) is 3.11. The Kier molecular flexibility index (Phi) is 11.5. The summed E-state index contributed by atoms with van der Waals surface area (Å²) in [4.78, 5) is 53.2. The molecule has 3 aromatic rings. The van der Waals surface area contributed by atoms with E-state index >= 15 is 0 Å². The van der Waals surface area contributed by atoms with Crippen LogP contribution in [-0.4, -0.2) is 77.2 Å². The number of rotatable bonds is 9. The second-order valence-corrected chi connectivity index (χ2v) is 14.9. The van der Waals surface area contributed by atoms with Gasteiger partial charge in [0.2, 0.25) is 17.7 Å². The van der Waals surface area contributed by atoms with Gasteiger partial charge in [-0.2, -0.15) is 0 Å². The topological polar surface area (TPSA) is 113 Å². The number of hydrogen-bond acceptors (Lipinski definition) is 7. The Bertz CT molecular complexity index is 1930. The number of alkyl halides is 3. The summed E-state index contributed by atoms with van der Waals surface area (Å²) in [6.07, 6.45) is 0.946. The van der Waals surface area contributed by atoms with Gasteiger partial charge in [0.1, 0.15) is 11.8 Å². The number of piperidine rings is 3. The van der Waals surface area contributed by atoms with Crippen LogP contribution in [0.1, 0.15) is 66.7 Å². The number of carbonyl (C=O) groups excluding carboxylic acids is 3. The van der Waals surface area contributed by atoms with Gasteiger partial charge in [0.25, 0.3) is 5.56 Å². The second-order valence-electron chi connectivity index (χ2n) is 14.5. The standard InChI is InChI=1S/C39H45ClF3N5O5/c1-23-24(2)38(52)46(3)21-31(23)27-4-5-28(34(19-27)53-39(41,42)43)18-25-10-14-47(15-11-25)22-36(50)48-16-12-26(13-17-48)30-7-6-29(20-32(30)40)44-33-8-9-35(49)45-37(33)51/h4-7,19-21,25-26,33,44H,8-18,22H2,1-3H3,(H,45,49,51). The molecule has 0 radical (unpaired) electrons. The lowest BCUT2D eigenvalue weighted by molar-refractivity contribution is -0.274. The van der Waals surface area contributed by atoms with E-state index in [9.17, 15) is 32.3 Å². The molecule has 3 saturated heterocycles. The Labute approximate surface area is 311 Å². The Balaban J connectivity index is 0.996. The summed E-state index contributed by atoms with van der Waals surface area (Å²) in [6.45, 7) is 6.36. The molecule has 3 aliphatic heterocycles. The molecule has 0 saturated carbocycles. The Morgan fingerprint density at radius 2 is 1.68 bits per heavy atom. The van der Waals surface area contributed by atoms with Crippen LogP contribution < -0.4 is 20.9 Å². The van der Waals surface area contributed by atoms with E-state index in [1.807, 2.05) is 17.0 Å². The molecule has 14 heteroatoms. The highest BCUT2D eigenvalue weighted by Gasteiger charge is 2.34. The largest absolute Gasteiger partial charge is 0.573 e. The third-order valence-corrected chi connectivity index (χ3v) is 11.3. The van der Waals surface area contributed by atoms with Crippen molar-refractivity contribution < 1.29 is 32.3 Å². The molecule has 0 spiro atoms. The van der Waals surface area contributed by atoms with Crippen molar-refractivity contribution in [2.45, 2.75) is 77.1 Å². The number of aromatic nitrogens is 1. The highest BCUT2D eigenvalue weighted by Crippen LogP contribution is 2.37. The molecule has 1 unspecified atom stereocenters. The molecular formula is C39H45ClF3N5O5. The second kappa shape index (κ2) is 15.9. The molecule has 6 rings (SSSR count). The summed E-state index contributed by atoms with van der Waals surface area (Å²) < 4.78 is 46.5. The van der Waals surface area contributed by atoms with Gasteiger partial charge < -0.3 is 19.5 Å². The molecule has 53 heavy (non-hydrogen) atoms. The Hall–Kier alpha value is -4.36. The van der Waals surface area contributed by atoms with Crippen LogP contribution in [0.3, 0.4) is 0 Å². The molecule has 3 amide bonds. The number of pyridine rings is 1. The highest BCUT2D eigenvalue weighted by molar-refractivity contribution is 6.31. The van der Waals surface area contributed by atoms with E-state index in [0.29, 0.717) is 84.1 Å². The van der Waals surface area contributed by atoms with Crippen LogP contribution in [0.25, 0.3) is 11.1 Å². The van der Waals surface area contributed by atoms with Crippen LogP contribution >= 0.6 is 11.6 Å². The van der Waals surface area contributed by atoms with E-state index in [0.717, 1.165) is 31.2 Å². The fourth-order valence-corrected chi connectivity index (χ4v) is 8.08. The monoisotopic (exact) mass is 755 g/mol. The van der Waals surface area contributed by atoms with Gasteiger partial charge in [0.05, 0.1) is 6.54 Å². The lowest BCUT2D eigenvalue weighted by Gasteiger charge is -2.36. The van der Waals surface area contributed by atoms with Gasteiger partial charge in [0, 0.05) is 54.6 Å². The van der Waals surface area contributed by atoms with E-state index in [-0.39, 0.29) is 47.3 Å². The Morgan fingerprint density at radius 1 is 0.962 bits per heavy atom. The number of nitrogens with one attached hydrogen (secondary N) is 2. The van der Waals surface area contributed by atoms with Crippen LogP contribution in [0.2, 0.25) is 5.02 Å². The first-order valence-electron chi connectivity index (χ1n) is 18.1. The predicted molar refractivity (Wildman–Crippen MR) is 196 cm³/mol. The van der Waals surface area contributed by atoms with Crippen molar-refractivity contribution in [1.82, 2.24) is 19.7 Å². The summed E-state index contributed by atoms with van der Waals surface area (Å²) in [5, 5.41) is 6.10. The van der Waals surface area contributed by atoms with Crippen molar-refractivity contribution in [3.8, 4) is 16.9 Å². The lowest BCUT2D eigenvalue weighted by atomic mass is 9.88. The number of imide groups is 1. The lowest BCUT2D eigenvalue weighted by Crippen LogP contribution is -2.47. The average molecular weight is 756 g/mol. The molecule has 3 fully saturated rings. The number of anilines is 1. The summed E-state index contributed by atoms with van der Waals surface area (Å²) >= 11 is 6.67. The quantitative estimate of drug-likeness (QED) is 0.254. The maximum Gasteiger partial charge on any atom is 0.573 e. The van der Waals surface area contributed by atoms with Crippen molar-refractivity contribution >= 4 is 35.0 Å². The smallest absolute Gasteiger partial charge is 0.405 e. The van der Waals surface area contributed by atoms with Gasteiger partial charge in [0.15, 0.2) is 0 Å². The van der Waals surface area contributed by atoms with Crippen molar-refractivity contribution in [3.05, 3.63) is 80.2 Å². The van der Waals surface area contributed by atoms with Gasteiger partial charge in [-0.15, -0.1) is 13.2 Å². The SMILES string of the molecule is Cc1c(-c2ccc(CC3CCN(CC(=O)N4CCC(c5ccc(NC6CCC(=O)NC6=O)cc5Cl)CC4)CC3)c(OC(F)(F)F)c2)cn(C)c(=O)c1C. The van der Waals surface area contributed by atoms with Gasteiger partial charge in [-0.1, -0.05) is 29.8 Å². The maximum absolute atomic E-state index is 13.5. The van der Waals surface area contributed by atoms with Gasteiger partial charge in [-0.25, -0.2) is 0 Å². The maximum atomic E-state index is 13.5. The van der Waals surface area contributed by atoms with Crippen molar-refractivity contribution in [1.29, 1.82) is 0 Å². The molecule has 284 valence electrons. The first-order chi connectivity index (χ1) is 25.1. The molecule has 0 aliphatic carbocycles. The van der Waals surface area contributed by atoms with Crippen molar-refractivity contribution in [2.75, 3.05) is 38.0 Å². The third-order valence-electron chi connectivity index (χ3n) is 11.0. The highest BCUT2D eigenvalue weighted by atomic mass is 35.5. The van der Waals surface area contributed by atoms with Crippen LogP contribution in [-0.2, 0) is 27.9 Å². The molecular weight excluding hydrogens is 711 g/mol. The molecule has 2 aromatic carbocycles. The number of nitrogens with zero attached hydrogens (tertiary/aromatic N) is 3. The molecule has 2 N–H and O–H groups in total. The zero-order valence-electron chi connectivity index (χ0n) is 30.2. The number of aryl methyl sites for hydroxylation is 1. The third kappa shape index (κ3) is 9.24. The Morgan fingerprint density at radius 3 is 2.34 bits per heavy atom. The van der Waals surface area contributed by atoms with Gasteiger partial charge >= 0.3 is 6.36 Å². The normalized spacial score (nSPS) is 19.3. The summed E-state index contributed by atoms with van der Waals surface area (Å²) in [5.41, 5.74) is 4.50. The van der Waals surface area contributed by atoms with E-state index < -0.39 is 12.4 Å². The van der Waals surface area contributed by atoms with Crippen molar-refractivity contribution in [3.63, 3.8) is 0 Å². The van der Waals surface area contributed by atoms with Gasteiger partial charge in [-0.05, 0) is 118 Å². The zero-order chi connectivity index (χ0) is 38.0. The molecule has 3 aliphatic rings. The van der Waals surface area contributed by atoms with E-state index in [1.165, 1.54) is 10.6 Å². The summed E-state index contributed by atoms with van der Waals surface area (Å²) in [5.74, 6) is -0.447. The molecule has 10 nitrogen and oxygen atoms in total. The molecule has 1 atom stereocenters. The fourth-order valence-electron chi connectivity index (χ4n) is 7.75. The minimum Gasteiger partial charge on any atom is -0.405 e. The first-order valence-corrected chi connectivity index (χ1v) is 18.5. The first kappa shape index (κ1) is 38.4. The van der Waals surface area contributed by atoms with Crippen LogP contribution in [0.15, 0.2) is 47.4 Å². The van der Waals surface area contributed by atoms with Crippen LogP contribution in [0.5, 0.6) is 5.75 Å². The van der Waals surface area contributed by atoms with E-state index in [2.05, 4.69) is 20.3 Å².